The predicted octanol–water partition coefficient (Wildman–Crippen LogP) is 1.77. The number of benzene rings is 1. The molecule has 92 valence electrons. The van der Waals surface area contributed by atoms with Gasteiger partial charge in [0.25, 0.3) is 0 Å². The van der Waals surface area contributed by atoms with E-state index in [4.69, 9.17) is 5.11 Å². The summed E-state index contributed by atoms with van der Waals surface area (Å²) in [5.41, 5.74) is 0.659. The van der Waals surface area contributed by atoms with E-state index < -0.39 is 11.9 Å². The molecule has 0 unspecified atom stereocenters. The molecule has 0 bridgehead atoms. The van der Waals surface area contributed by atoms with Gasteiger partial charge in [0.05, 0.1) is 5.92 Å². The van der Waals surface area contributed by atoms with Crippen molar-refractivity contribution in [3.63, 3.8) is 0 Å². The highest BCUT2D eigenvalue weighted by atomic mass is 16.4. The maximum atomic E-state index is 11.5. The fourth-order valence-corrected chi connectivity index (χ4v) is 1.56. The lowest BCUT2D eigenvalue weighted by Crippen LogP contribution is -2.27. The summed E-state index contributed by atoms with van der Waals surface area (Å²) in [4.78, 5) is 22.6. The number of hydrogen-bond acceptors (Lipinski definition) is 2. The van der Waals surface area contributed by atoms with Gasteiger partial charge in [-0.25, -0.2) is 0 Å². The summed E-state index contributed by atoms with van der Waals surface area (Å²) in [6.07, 6.45) is 0.828. The average molecular weight is 235 g/mol. The van der Waals surface area contributed by atoms with Crippen LogP contribution in [0.5, 0.6) is 0 Å². The molecule has 0 spiro atoms. The Kier molecular flexibility index (Phi) is 5.20. The van der Waals surface area contributed by atoms with Crippen molar-refractivity contribution in [2.75, 3.05) is 6.54 Å². The minimum absolute atomic E-state index is 0.0145. The molecule has 1 atom stereocenters. The van der Waals surface area contributed by atoms with Gasteiger partial charge in [-0.2, -0.15) is 0 Å². The van der Waals surface area contributed by atoms with Crippen LogP contribution in [0.25, 0.3) is 0 Å². The van der Waals surface area contributed by atoms with Crippen molar-refractivity contribution in [2.45, 2.75) is 25.7 Å². The maximum absolute atomic E-state index is 11.5. The quantitative estimate of drug-likeness (QED) is 0.789. The molecule has 1 amide bonds. The molecule has 0 fully saturated rings. The van der Waals surface area contributed by atoms with Crippen LogP contribution in [0, 0.1) is 0 Å². The summed E-state index contributed by atoms with van der Waals surface area (Å²) < 4.78 is 0. The van der Waals surface area contributed by atoms with Gasteiger partial charge in [0.1, 0.15) is 0 Å². The molecule has 17 heavy (non-hydrogen) atoms. The Hall–Kier alpha value is -1.84. The van der Waals surface area contributed by atoms with Gasteiger partial charge in [-0.05, 0) is 12.0 Å². The van der Waals surface area contributed by atoms with Crippen molar-refractivity contribution in [1.29, 1.82) is 0 Å². The lowest BCUT2D eigenvalue weighted by atomic mass is 9.95. The zero-order valence-electron chi connectivity index (χ0n) is 9.85. The highest BCUT2D eigenvalue weighted by Gasteiger charge is 2.22. The number of carboxylic acid groups (broad SMARTS) is 1. The Morgan fingerprint density at radius 2 is 1.94 bits per heavy atom. The largest absolute Gasteiger partial charge is 0.481 e. The molecule has 0 radical (unpaired) electrons. The summed E-state index contributed by atoms with van der Waals surface area (Å²) >= 11 is 0. The molecule has 0 aliphatic carbocycles. The number of nitrogens with one attached hydrogen (secondary N) is 1. The summed E-state index contributed by atoms with van der Waals surface area (Å²) in [6.45, 7) is 2.53. The molecule has 1 aromatic rings. The first-order valence-electron chi connectivity index (χ1n) is 5.69. The summed E-state index contributed by atoms with van der Waals surface area (Å²) in [7, 11) is 0. The van der Waals surface area contributed by atoms with Crippen molar-refractivity contribution in [3.05, 3.63) is 35.9 Å². The Morgan fingerprint density at radius 3 is 2.47 bits per heavy atom. The van der Waals surface area contributed by atoms with E-state index in [0.717, 1.165) is 6.42 Å². The number of carboxylic acids is 1. The topological polar surface area (TPSA) is 66.4 Å². The second kappa shape index (κ2) is 6.68. The Labute approximate surface area is 101 Å². The van der Waals surface area contributed by atoms with E-state index in [-0.39, 0.29) is 12.3 Å². The van der Waals surface area contributed by atoms with Crippen LogP contribution in [0.4, 0.5) is 0 Å². The summed E-state index contributed by atoms with van der Waals surface area (Å²) in [6, 6.07) is 8.82. The molecular formula is C13H17NO3. The fourth-order valence-electron chi connectivity index (χ4n) is 1.56. The van der Waals surface area contributed by atoms with Crippen LogP contribution >= 0.6 is 0 Å². The van der Waals surface area contributed by atoms with Gasteiger partial charge in [-0.1, -0.05) is 37.3 Å². The van der Waals surface area contributed by atoms with Gasteiger partial charge in [-0.15, -0.1) is 0 Å². The molecule has 0 aromatic heterocycles. The molecule has 1 aromatic carbocycles. The third kappa shape index (κ3) is 4.26. The lowest BCUT2D eigenvalue weighted by Gasteiger charge is -2.12. The van der Waals surface area contributed by atoms with E-state index in [2.05, 4.69) is 5.32 Å². The first-order valence-corrected chi connectivity index (χ1v) is 5.69. The average Bonchev–Trinajstić information content (AvgIpc) is 2.34. The van der Waals surface area contributed by atoms with E-state index in [9.17, 15) is 9.59 Å². The molecule has 1 rings (SSSR count). The SMILES string of the molecule is CCCNC(=O)C[C@H](C(=O)O)c1ccccc1. The van der Waals surface area contributed by atoms with Gasteiger partial charge in [0, 0.05) is 13.0 Å². The van der Waals surface area contributed by atoms with Crippen LogP contribution in [0.2, 0.25) is 0 Å². The van der Waals surface area contributed by atoms with Gasteiger partial charge >= 0.3 is 5.97 Å². The predicted molar refractivity (Wildman–Crippen MR) is 64.7 cm³/mol. The zero-order valence-corrected chi connectivity index (χ0v) is 9.85. The van der Waals surface area contributed by atoms with Crippen LogP contribution in [0.1, 0.15) is 31.2 Å². The third-order valence-electron chi connectivity index (χ3n) is 2.46. The lowest BCUT2D eigenvalue weighted by molar-refractivity contribution is -0.140. The second-order valence-corrected chi connectivity index (χ2v) is 3.86. The highest BCUT2D eigenvalue weighted by molar-refractivity contribution is 5.85. The third-order valence-corrected chi connectivity index (χ3v) is 2.46. The first-order chi connectivity index (χ1) is 8.15. The number of hydrogen-bond donors (Lipinski definition) is 2. The molecule has 0 aliphatic heterocycles. The van der Waals surface area contributed by atoms with Gasteiger partial charge in [0.2, 0.25) is 5.91 Å². The molecular weight excluding hydrogens is 218 g/mol. The van der Waals surface area contributed by atoms with E-state index in [0.29, 0.717) is 12.1 Å². The Bertz CT molecular complexity index is 376. The Morgan fingerprint density at radius 1 is 1.29 bits per heavy atom. The number of amides is 1. The monoisotopic (exact) mass is 235 g/mol. The number of carbonyl (C=O) groups is 2. The van der Waals surface area contributed by atoms with Crippen molar-refractivity contribution in [2.24, 2.45) is 0 Å². The van der Waals surface area contributed by atoms with Crippen molar-refractivity contribution in [3.8, 4) is 0 Å². The zero-order chi connectivity index (χ0) is 12.7. The van der Waals surface area contributed by atoms with Gasteiger partial charge < -0.3 is 10.4 Å². The van der Waals surface area contributed by atoms with E-state index in [1.54, 1.807) is 24.3 Å². The number of rotatable bonds is 6. The maximum Gasteiger partial charge on any atom is 0.311 e. The van der Waals surface area contributed by atoms with Crippen molar-refractivity contribution < 1.29 is 14.7 Å². The Balaban J connectivity index is 2.68. The van der Waals surface area contributed by atoms with Crippen molar-refractivity contribution >= 4 is 11.9 Å². The molecule has 0 saturated carbocycles. The van der Waals surface area contributed by atoms with E-state index >= 15 is 0 Å². The molecule has 2 N–H and O–H groups in total. The minimum Gasteiger partial charge on any atom is -0.481 e. The van der Waals surface area contributed by atoms with Crippen LogP contribution in [0.15, 0.2) is 30.3 Å². The normalized spacial score (nSPS) is 11.8. The van der Waals surface area contributed by atoms with E-state index in [1.165, 1.54) is 0 Å². The molecule has 0 aliphatic rings. The van der Waals surface area contributed by atoms with E-state index in [1.807, 2.05) is 13.0 Å². The smallest absolute Gasteiger partial charge is 0.311 e. The number of aliphatic carboxylic acids is 1. The van der Waals surface area contributed by atoms with Crippen molar-refractivity contribution in [1.82, 2.24) is 5.32 Å². The van der Waals surface area contributed by atoms with Crippen LogP contribution in [-0.2, 0) is 9.59 Å². The first kappa shape index (κ1) is 13.2. The second-order valence-electron chi connectivity index (χ2n) is 3.86. The molecule has 0 heterocycles. The minimum atomic E-state index is -0.970. The van der Waals surface area contributed by atoms with Crippen LogP contribution in [-0.4, -0.2) is 23.5 Å². The number of carbonyl (C=O) groups excluding carboxylic acids is 1. The molecule has 4 nitrogen and oxygen atoms in total. The standard InChI is InChI=1S/C13H17NO3/c1-2-8-14-12(15)9-11(13(16)17)10-6-4-3-5-7-10/h3-7,11H,2,8-9H2,1H3,(H,14,15)(H,16,17)/t11-/m0/s1. The molecule has 4 heteroatoms. The summed E-state index contributed by atoms with van der Waals surface area (Å²) in [5.74, 6) is -1.96. The summed E-state index contributed by atoms with van der Waals surface area (Å²) in [5, 5.41) is 11.8. The molecule has 0 saturated heterocycles. The van der Waals surface area contributed by atoms with Crippen LogP contribution < -0.4 is 5.32 Å². The van der Waals surface area contributed by atoms with Gasteiger partial charge in [0.15, 0.2) is 0 Å². The van der Waals surface area contributed by atoms with Crippen LogP contribution in [0.3, 0.4) is 0 Å². The fraction of sp³-hybridized carbons (Fsp3) is 0.385. The van der Waals surface area contributed by atoms with Gasteiger partial charge in [-0.3, -0.25) is 9.59 Å². The highest BCUT2D eigenvalue weighted by Crippen LogP contribution is 2.19.